The van der Waals surface area contributed by atoms with E-state index in [1.165, 1.54) is 0 Å². The number of nitrogens with zero attached hydrogens (tertiary/aromatic N) is 2. The monoisotopic (exact) mass is 427 g/mol. The Hall–Kier alpha value is -2.57. The summed E-state index contributed by atoms with van der Waals surface area (Å²) < 4.78 is 5.98. The Bertz CT molecular complexity index is 956. The van der Waals surface area contributed by atoms with E-state index in [1.54, 1.807) is 12.1 Å². The molecule has 0 aromatic heterocycles. The van der Waals surface area contributed by atoms with Gasteiger partial charge in [0.05, 0.1) is 22.8 Å². The van der Waals surface area contributed by atoms with E-state index in [-0.39, 0.29) is 30.4 Å². The Morgan fingerprint density at radius 1 is 1.07 bits per heavy atom. The molecule has 0 radical (unpaired) electrons. The Labute approximate surface area is 181 Å². The second-order valence-corrected chi connectivity index (χ2v) is 8.34. The molecule has 7 heteroatoms. The number of piperazine rings is 1. The number of hydrogen-bond donors (Lipinski definition) is 1. The van der Waals surface area contributed by atoms with E-state index in [1.807, 2.05) is 47.1 Å². The average molecular weight is 428 g/mol. The quantitative estimate of drug-likeness (QED) is 0.809. The van der Waals surface area contributed by atoms with E-state index in [4.69, 9.17) is 16.3 Å². The molecule has 0 aliphatic carbocycles. The van der Waals surface area contributed by atoms with Gasteiger partial charge in [-0.15, -0.1) is 0 Å². The summed E-state index contributed by atoms with van der Waals surface area (Å²) in [5.74, 6) is 0.888. The lowest BCUT2D eigenvalue weighted by Crippen LogP contribution is -2.50. The minimum Gasteiger partial charge on any atom is -0.489 e. The molecular formula is C23H26ClN3O3. The third kappa shape index (κ3) is 4.16. The molecule has 0 bridgehead atoms. The fraction of sp³-hybridized carbons (Fsp3) is 0.391. The molecule has 6 nitrogen and oxygen atoms in total. The number of benzene rings is 2. The summed E-state index contributed by atoms with van der Waals surface area (Å²) >= 11 is 6.10. The molecule has 2 aliphatic rings. The molecule has 2 amide bonds. The maximum absolute atomic E-state index is 13.1. The first-order chi connectivity index (χ1) is 14.4. The van der Waals surface area contributed by atoms with Crippen molar-refractivity contribution >= 4 is 29.1 Å². The zero-order valence-corrected chi connectivity index (χ0v) is 18.0. The van der Waals surface area contributed by atoms with Crippen molar-refractivity contribution in [1.29, 1.82) is 0 Å². The maximum atomic E-state index is 13.1. The Kier molecular flexibility index (Phi) is 5.97. The molecular weight excluding hydrogens is 402 g/mol. The first kappa shape index (κ1) is 20.7. The first-order valence-corrected chi connectivity index (χ1v) is 10.7. The van der Waals surface area contributed by atoms with E-state index in [2.05, 4.69) is 12.2 Å². The van der Waals surface area contributed by atoms with E-state index < -0.39 is 0 Å². The highest BCUT2D eigenvalue weighted by Crippen LogP contribution is 2.40. The predicted octanol–water partition coefficient (Wildman–Crippen LogP) is 3.62. The molecule has 1 fully saturated rings. The number of rotatable bonds is 4. The van der Waals surface area contributed by atoms with Crippen molar-refractivity contribution in [2.75, 3.05) is 38.0 Å². The molecule has 2 aromatic carbocycles. The number of ether oxygens (including phenoxy) is 1. The lowest BCUT2D eigenvalue weighted by Gasteiger charge is -2.34. The first-order valence-electron chi connectivity index (χ1n) is 10.3. The summed E-state index contributed by atoms with van der Waals surface area (Å²) in [6, 6.07) is 13.0. The number of carbonyl (C=O) groups excluding carboxylic acids is 2. The number of para-hydroxylation sites is 2. The molecule has 4 rings (SSSR count). The number of halogens is 1. The van der Waals surface area contributed by atoms with Crippen LogP contribution in [0.1, 0.15) is 35.7 Å². The van der Waals surface area contributed by atoms with Gasteiger partial charge >= 0.3 is 0 Å². The van der Waals surface area contributed by atoms with Crippen molar-refractivity contribution < 1.29 is 14.3 Å². The number of fused-ring (bicyclic) bond motifs is 1. The van der Waals surface area contributed by atoms with Gasteiger partial charge in [-0.1, -0.05) is 42.8 Å². The fourth-order valence-corrected chi connectivity index (χ4v) is 4.17. The summed E-state index contributed by atoms with van der Waals surface area (Å²) in [5.41, 5.74) is 2.34. The number of carbonyl (C=O) groups is 2. The molecule has 2 heterocycles. The SMILES string of the molecule is CC1Oc2c(C(=O)N3CCN(CC(=O)Nc4ccccc4Cl)CC3)cccc2C1C. The Morgan fingerprint density at radius 2 is 1.80 bits per heavy atom. The van der Waals surface area contributed by atoms with Crippen LogP contribution in [0.25, 0.3) is 0 Å². The van der Waals surface area contributed by atoms with Crippen LogP contribution in [0.2, 0.25) is 5.02 Å². The number of hydrogen-bond acceptors (Lipinski definition) is 4. The molecule has 2 atom stereocenters. The fourth-order valence-electron chi connectivity index (χ4n) is 3.99. The second-order valence-electron chi connectivity index (χ2n) is 7.93. The zero-order valence-electron chi connectivity index (χ0n) is 17.2. The summed E-state index contributed by atoms with van der Waals surface area (Å²) in [6.07, 6.45) is 0.0717. The largest absolute Gasteiger partial charge is 0.489 e. The third-order valence-electron chi connectivity index (χ3n) is 5.95. The molecule has 30 heavy (non-hydrogen) atoms. The summed E-state index contributed by atoms with van der Waals surface area (Å²) in [4.78, 5) is 29.4. The van der Waals surface area contributed by atoms with Crippen molar-refractivity contribution in [2.45, 2.75) is 25.9 Å². The van der Waals surface area contributed by atoms with Gasteiger partial charge in [0.2, 0.25) is 5.91 Å². The Balaban J connectivity index is 1.34. The van der Waals surface area contributed by atoms with Crippen molar-refractivity contribution in [2.24, 2.45) is 0 Å². The standard InChI is InChI=1S/C23H26ClN3O3/c1-15-16(2)30-22-17(15)6-5-7-18(22)23(29)27-12-10-26(11-13-27)14-21(28)25-20-9-4-3-8-19(20)24/h3-9,15-16H,10-14H2,1-2H3,(H,25,28). The smallest absolute Gasteiger partial charge is 0.257 e. The number of nitrogens with one attached hydrogen (secondary N) is 1. The molecule has 1 N–H and O–H groups in total. The number of anilines is 1. The average Bonchev–Trinajstić information content (AvgIpc) is 3.04. The van der Waals surface area contributed by atoms with Crippen LogP contribution in [-0.4, -0.2) is 60.4 Å². The molecule has 0 spiro atoms. The van der Waals surface area contributed by atoms with Crippen molar-refractivity contribution in [3.8, 4) is 5.75 Å². The molecule has 158 valence electrons. The predicted molar refractivity (Wildman–Crippen MR) is 117 cm³/mol. The van der Waals surface area contributed by atoms with Gasteiger partial charge in [-0.25, -0.2) is 0 Å². The van der Waals surface area contributed by atoms with E-state index in [0.717, 1.165) is 11.3 Å². The van der Waals surface area contributed by atoms with Crippen molar-refractivity contribution in [3.05, 3.63) is 58.6 Å². The Morgan fingerprint density at radius 3 is 2.53 bits per heavy atom. The van der Waals surface area contributed by atoms with Crippen LogP contribution in [0.15, 0.2) is 42.5 Å². The summed E-state index contributed by atoms with van der Waals surface area (Å²) in [7, 11) is 0. The van der Waals surface area contributed by atoms with E-state index >= 15 is 0 Å². The highest BCUT2D eigenvalue weighted by Gasteiger charge is 2.33. The third-order valence-corrected chi connectivity index (χ3v) is 6.28. The van der Waals surface area contributed by atoms with Crippen LogP contribution in [-0.2, 0) is 4.79 Å². The minimum absolute atomic E-state index is 0.00619. The molecule has 1 saturated heterocycles. The van der Waals surface area contributed by atoms with Gasteiger partial charge in [0, 0.05) is 37.7 Å². The van der Waals surface area contributed by atoms with E-state index in [9.17, 15) is 9.59 Å². The van der Waals surface area contributed by atoms with Gasteiger partial charge in [-0.05, 0) is 25.1 Å². The highest BCUT2D eigenvalue weighted by molar-refractivity contribution is 6.33. The van der Waals surface area contributed by atoms with Crippen LogP contribution in [0.5, 0.6) is 5.75 Å². The molecule has 2 unspecified atom stereocenters. The lowest BCUT2D eigenvalue weighted by molar-refractivity contribution is -0.117. The van der Waals surface area contributed by atoms with Gasteiger partial charge in [-0.3, -0.25) is 14.5 Å². The minimum atomic E-state index is -0.111. The van der Waals surface area contributed by atoms with Crippen LogP contribution >= 0.6 is 11.6 Å². The molecule has 2 aromatic rings. The normalized spacial score (nSPS) is 21.1. The van der Waals surface area contributed by atoms with Crippen LogP contribution in [0.4, 0.5) is 5.69 Å². The van der Waals surface area contributed by atoms with Crippen molar-refractivity contribution in [1.82, 2.24) is 9.80 Å². The maximum Gasteiger partial charge on any atom is 0.257 e. The van der Waals surface area contributed by atoms with Gasteiger partial charge in [-0.2, -0.15) is 0 Å². The van der Waals surface area contributed by atoms with Crippen LogP contribution < -0.4 is 10.1 Å². The highest BCUT2D eigenvalue weighted by atomic mass is 35.5. The topological polar surface area (TPSA) is 61.9 Å². The van der Waals surface area contributed by atoms with Gasteiger partial charge in [0.1, 0.15) is 11.9 Å². The van der Waals surface area contributed by atoms with Gasteiger partial charge in [0.25, 0.3) is 5.91 Å². The second kappa shape index (κ2) is 8.66. The van der Waals surface area contributed by atoms with Crippen LogP contribution in [0, 0.1) is 0 Å². The molecule has 0 saturated carbocycles. The zero-order chi connectivity index (χ0) is 21.3. The summed E-state index contributed by atoms with van der Waals surface area (Å²) in [5, 5.41) is 3.36. The van der Waals surface area contributed by atoms with Gasteiger partial charge in [0.15, 0.2) is 0 Å². The summed E-state index contributed by atoms with van der Waals surface area (Å²) in [6.45, 7) is 6.86. The number of amides is 2. The van der Waals surface area contributed by atoms with Crippen LogP contribution in [0.3, 0.4) is 0 Å². The van der Waals surface area contributed by atoms with Gasteiger partial charge < -0.3 is 15.0 Å². The van der Waals surface area contributed by atoms with Crippen molar-refractivity contribution in [3.63, 3.8) is 0 Å². The lowest BCUT2D eigenvalue weighted by atomic mass is 9.96. The molecule has 2 aliphatic heterocycles. The van der Waals surface area contributed by atoms with E-state index in [0.29, 0.717) is 42.5 Å².